The Balaban J connectivity index is 2.16. The van der Waals surface area contributed by atoms with Gasteiger partial charge in [-0.15, -0.1) is 11.6 Å². The maximum atomic E-state index is 12.8. The molecule has 2 nitrogen and oxygen atoms in total. The van der Waals surface area contributed by atoms with Crippen LogP contribution in [0.5, 0.6) is 5.75 Å². The van der Waals surface area contributed by atoms with Gasteiger partial charge in [-0.3, -0.25) is 4.79 Å². The van der Waals surface area contributed by atoms with Gasteiger partial charge < -0.3 is 4.74 Å². The summed E-state index contributed by atoms with van der Waals surface area (Å²) >= 11 is 5.60. The first kappa shape index (κ1) is 14.5. The van der Waals surface area contributed by atoms with Crippen molar-refractivity contribution in [1.29, 1.82) is 0 Å². The number of ether oxygens (including phenoxy) is 1. The van der Waals surface area contributed by atoms with Gasteiger partial charge in [0.05, 0.1) is 11.4 Å². The minimum Gasteiger partial charge on any atom is -0.488 e. The Morgan fingerprint density at radius 2 is 1.90 bits per heavy atom. The molecule has 0 spiro atoms. The summed E-state index contributed by atoms with van der Waals surface area (Å²) in [7, 11) is 0. The Morgan fingerprint density at radius 3 is 2.55 bits per heavy atom. The average Bonchev–Trinajstić information content (AvgIpc) is 2.46. The van der Waals surface area contributed by atoms with E-state index in [1.807, 2.05) is 13.0 Å². The second kappa shape index (κ2) is 6.53. The molecular weight excluding hydrogens is 279 g/mol. The first-order chi connectivity index (χ1) is 9.60. The molecule has 0 N–H and O–H groups in total. The molecule has 2 aromatic rings. The molecule has 0 unspecified atom stereocenters. The molecule has 0 saturated heterocycles. The van der Waals surface area contributed by atoms with E-state index >= 15 is 0 Å². The fourth-order valence-electron chi connectivity index (χ4n) is 1.80. The highest BCUT2D eigenvalue weighted by Gasteiger charge is 2.12. The monoisotopic (exact) mass is 292 g/mol. The second-order valence-corrected chi connectivity index (χ2v) is 4.74. The molecule has 0 aliphatic carbocycles. The van der Waals surface area contributed by atoms with Crippen molar-refractivity contribution in [2.24, 2.45) is 0 Å². The highest BCUT2D eigenvalue weighted by molar-refractivity contribution is 6.30. The second-order valence-electron chi connectivity index (χ2n) is 4.47. The number of hydrogen-bond acceptors (Lipinski definition) is 2. The number of carbonyl (C=O) groups is 1. The summed E-state index contributed by atoms with van der Waals surface area (Å²) < 4.78 is 18.4. The lowest BCUT2D eigenvalue weighted by atomic mass is 10.1. The van der Waals surface area contributed by atoms with Crippen molar-refractivity contribution in [3.05, 3.63) is 65.0 Å². The molecule has 0 aromatic heterocycles. The van der Waals surface area contributed by atoms with E-state index in [2.05, 4.69) is 0 Å². The quantitative estimate of drug-likeness (QED) is 0.612. The lowest BCUT2D eigenvalue weighted by Crippen LogP contribution is -2.06. The third-order valence-corrected chi connectivity index (χ3v) is 3.11. The molecule has 0 aliphatic rings. The molecule has 0 radical (unpaired) electrons. The zero-order valence-electron chi connectivity index (χ0n) is 11.0. The number of aryl methyl sites for hydroxylation is 1. The van der Waals surface area contributed by atoms with Gasteiger partial charge in [0.2, 0.25) is 0 Å². The standard InChI is InChI=1S/C16H14ClFO2/c1-11-2-7-16(14(8-11)15(19)9-17)20-10-12-3-5-13(18)6-4-12/h2-8H,9-10H2,1H3. The van der Waals surface area contributed by atoms with Gasteiger partial charge in [-0.25, -0.2) is 4.39 Å². The fraction of sp³-hybridized carbons (Fsp3) is 0.188. The minimum absolute atomic E-state index is 0.0869. The molecule has 0 bridgehead atoms. The maximum Gasteiger partial charge on any atom is 0.181 e. The van der Waals surface area contributed by atoms with Gasteiger partial charge in [0, 0.05) is 0 Å². The Kier molecular flexibility index (Phi) is 4.74. The van der Waals surface area contributed by atoms with E-state index in [-0.39, 0.29) is 24.1 Å². The summed E-state index contributed by atoms with van der Waals surface area (Å²) in [6.45, 7) is 2.17. The van der Waals surface area contributed by atoms with Crippen LogP contribution in [0, 0.1) is 12.7 Å². The van der Waals surface area contributed by atoms with Crippen LogP contribution < -0.4 is 4.74 Å². The van der Waals surface area contributed by atoms with Crippen molar-refractivity contribution in [2.45, 2.75) is 13.5 Å². The Morgan fingerprint density at radius 1 is 1.20 bits per heavy atom. The molecule has 0 saturated carbocycles. The summed E-state index contributed by atoms with van der Waals surface area (Å²) in [6.07, 6.45) is 0. The van der Waals surface area contributed by atoms with Crippen molar-refractivity contribution >= 4 is 17.4 Å². The van der Waals surface area contributed by atoms with Crippen LogP contribution in [0.2, 0.25) is 0 Å². The van der Waals surface area contributed by atoms with Crippen LogP contribution in [0.25, 0.3) is 0 Å². The zero-order valence-corrected chi connectivity index (χ0v) is 11.8. The first-order valence-corrected chi connectivity index (χ1v) is 6.70. The first-order valence-electron chi connectivity index (χ1n) is 6.17. The summed E-state index contributed by atoms with van der Waals surface area (Å²) in [6, 6.07) is 11.4. The van der Waals surface area contributed by atoms with E-state index in [1.54, 1.807) is 24.3 Å². The van der Waals surface area contributed by atoms with Crippen LogP contribution in [-0.2, 0) is 6.61 Å². The van der Waals surface area contributed by atoms with Crippen LogP contribution in [0.1, 0.15) is 21.5 Å². The number of halogens is 2. The molecule has 0 fully saturated rings. The van der Waals surface area contributed by atoms with Crippen LogP contribution in [0.15, 0.2) is 42.5 Å². The normalized spacial score (nSPS) is 10.3. The van der Waals surface area contributed by atoms with Gasteiger partial charge in [0.25, 0.3) is 0 Å². The number of hydrogen-bond donors (Lipinski definition) is 0. The number of alkyl halides is 1. The number of carbonyl (C=O) groups excluding carboxylic acids is 1. The van der Waals surface area contributed by atoms with Gasteiger partial charge in [0.1, 0.15) is 18.2 Å². The van der Waals surface area contributed by atoms with Crippen LogP contribution in [0.3, 0.4) is 0 Å². The van der Waals surface area contributed by atoms with E-state index in [4.69, 9.17) is 16.3 Å². The van der Waals surface area contributed by atoms with E-state index in [9.17, 15) is 9.18 Å². The molecule has 2 aromatic carbocycles. The molecule has 0 amide bonds. The highest BCUT2D eigenvalue weighted by atomic mass is 35.5. The van der Waals surface area contributed by atoms with Gasteiger partial charge in [-0.05, 0) is 36.8 Å². The number of rotatable bonds is 5. The van der Waals surface area contributed by atoms with Crippen molar-refractivity contribution in [3.63, 3.8) is 0 Å². The van der Waals surface area contributed by atoms with Crippen LogP contribution in [0.4, 0.5) is 4.39 Å². The summed E-state index contributed by atoms with van der Waals surface area (Å²) in [5, 5.41) is 0. The van der Waals surface area contributed by atoms with Crippen molar-refractivity contribution in [1.82, 2.24) is 0 Å². The van der Waals surface area contributed by atoms with Gasteiger partial charge in [-0.1, -0.05) is 23.8 Å². The predicted molar refractivity (Wildman–Crippen MR) is 77.0 cm³/mol. The molecule has 0 atom stereocenters. The van der Waals surface area contributed by atoms with Crippen LogP contribution >= 0.6 is 11.6 Å². The van der Waals surface area contributed by atoms with E-state index in [0.29, 0.717) is 11.3 Å². The molecule has 0 heterocycles. The number of benzene rings is 2. The van der Waals surface area contributed by atoms with E-state index < -0.39 is 0 Å². The molecule has 2 rings (SSSR count). The van der Waals surface area contributed by atoms with E-state index in [1.165, 1.54) is 12.1 Å². The lowest BCUT2D eigenvalue weighted by molar-refractivity contribution is 0.101. The minimum atomic E-state index is -0.290. The summed E-state index contributed by atoms with van der Waals surface area (Å²) in [4.78, 5) is 11.8. The Bertz CT molecular complexity index is 608. The molecule has 0 aliphatic heterocycles. The summed E-state index contributed by atoms with van der Waals surface area (Å²) in [5.74, 6) is -0.0618. The van der Waals surface area contributed by atoms with Gasteiger partial charge in [-0.2, -0.15) is 0 Å². The van der Waals surface area contributed by atoms with Crippen molar-refractivity contribution in [2.75, 3.05) is 5.88 Å². The maximum absolute atomic E-state index is 12.8. The number of Topliss-reactive ketones (excluding diaryl/α,β-unsaturated/α-hetero) is 1. The third-order valence-electron chi connectivity index (χ3n) is 2.86. The average molecular weight is 293 g/mol. The lowest BCUT2D eigenvalue weighted by Gasteiger charge is -2.11. The topological polar surface area (TPSA) is 26.3 Å². The predicted octanol–water partition coefficient (Wildman–Crippen LogP) is 4.13. The SMILES string of the molecule is Cc1ccc(OCc2ccc(F)cc2)c(C(=O)CCl)c1. The molecule has 104 valence electrons. The van der Waals surface area contributed by atoms with Gasteiger partial charge >= 0.3 is 0 Å². The summed E-state index contributed by atoms with van der Waals surface area (Å²) in [5.41, 5.74) is 2.27. The van der Waals surface area contributed by atoms with Crippen LogP contribution in [-0.4, -0.2) is 11.7 Å². The van der Waals surface area contributed by atoms with Crippen molar-refractivity contribution < 1.29 is 13.9 Å². The fourth-order valence-corrected chi connectivity index (χ4v) is 1.95. The Hall–Kier alpha value is -1.87. The molecule has 20 heavy (non-hydrogen) atoms. The highest BCUT2D eigenvalue weighted by Crippen LogP contribution is 2.22. The Labute approximate surface area is 122 Å². The third kappa shape index (κ3) is 3.58. The largest absolute Gasteiger partial charge is 0.488 e. The smallest absolute Gasteiger partial charge is 0.181 e. The number of ketones is 1. The van der Waals surface area contributed by atoms with E-state index in [0.717, 1.165) is 11.1 Å². The zero-order chi connectivity index (χ0) is 14.5. The molecular formula is C16H14ClFO2. The molecule has 4 heteroatoms. The van der Waals surface area contributed by atoms with Gasteiger partial charge in [0.15, 0.2) is 5.78 Å². The van der Waals surface area contributed by atoms with Crippen molar-refractivity contribution in [3.8, 4) is 5.75 Å².